The Kier molecular flexibility index (Phi) is 4.87. The first-order valence-corrected chi connectivity index (χ1v) is 9.07. The van der Waals surface area contributed by atoms with Gasteiger partial charge in [0, 0.05) is 24.4 Å². The average Bonchev–Trinajstić information content (AvgIpc) is 3.18. The van der Waals surface area contributed by atoms with E-state index < -0.39 is 6.61 Å². The molecule has 1 aliphatic rings. The number of hydrogen-bond acceptors (Lipinski definition) is 5. The van der Waals surface area contributed by atoms with Crippen molar-refractivity contribution >= 4 is 11.5 Å². The van der Waals surface area contributed by atoms with Crippen LogP contribution in [-0.4, -0.2) is 21.0 Å². The second-order valence-corrected chi connectivity index (χ2v) is 6.71. The number of anilines is 2. The minimum absolute atomic E-state index is 0.0101. The number of halogens is 2. The van der Waals surface area contributed by atoms with Crippen LogP contribution < -0.4 is 21.2 Å². The van der Waals surface area contributed by atoms with Crippen molar-refractivity contribution in [2.75, 3.05) is 5.32 Å². The highest BCUT2D eigenvalue weighted by atomic mass is 19.3. The summed E-state index contributed by atoms with van der Waals surface area (Å²) in [6.07, 6.45) is 3.77. The maximum Gasteiger partial charge on any atom is 0.387 e. The maximum atomic E-state index is 12.9. The van der Waals surface area contributed by atoms with E-state index in [0.717, 1.165) is 12.0 Å². The molecule has 0 amide bonds. The summed E-state index contributed by atoms with van der Waals surface area (Å²) in [7, 11) is 1.65. The summed E-state index contributed by atoms with van der Waals surface area (Å²) < 4.78 is 31.7. The van der Waals surface area contributed by atoms with E-state index in [1.807, 2.05) is 0 Å². The SMILES string of the molecule is Cn1cccc(Nc2nn(-c3ccc(OC(F)F)cc3)c(=O)c3c2CCC3)c1=O. The van der Waals surface area contributed by atoms with Crippen LogP contribution in [0.5, 0.6) is 5.75 Å². The number of nitrogens with zero attached hydrogens (tertiary/aromatic N) is 3. The summed E-state index contributed by atoms with van der Waals surface area (Å²) in [5.41, 5.74) is 1.73. The third-order valence-corrected chi connectivity index (χ3v) is 4.84. The van der Waals surface area contributed by atoms with Gasteiger partial charge in [-0.15, -0.1) is 5.10 Å². The first kappa shape index (κ1) is 18.9. The lowest BCUT2D eigenvalue weighted by molar-refractivity contribution is -0.0498. The lowest BCUT2D eigenvalue weighted by atomic mass is 10.2. The zero-order valence-corrected chi connectivity index (χ0v) is 15.6. The molecule has 0 bridgehead atoms. The second kappa shape index (κ2) is 7.50. The summed E-state index contributed by atoms with van der Waals surface area (Å²) >= 11 is 0. The largest absolute Gasteiger partial charge is 0.435 e. The molecule has 0 saturated heterocycles. The minimum Gasteiger partial charge on any atom is -0.435 e. The fraction of sp³-hybridized carbons (Fsp3) is 0.250. The van der Waals surface area contributed by atoms with Crippen LogP contribution in [0.25, 0.3) is 5.69 Å². The first-order valence-electron chi connectivity index (χ1n) is 9.07. The summed E-state index contributed by atoms with van der Waals surface area (Å²) in [6, 6.07) is 9.06. The van der Waals surface area contributed by atoms with E-state index in [0.29, 0.717) is 35.6 Å². The van der Waals surface area contributed by atoms with Gasteiger partial charge >= 0.3 is 6.61 Å². The van der Waals surface area contributed by atoms with Crippen molar-refractivity contribution in [3.05, 3.63) is 74.4 Å². The Hall–Kier alpha value is -3.49. The Balaban J connectivity index is 1.78. The van der Waals surface area contributed by atoms with Gasteiger partial charge in [0.2, 0.25) is 0 Å². The van der Waals surface area contributed by atoms with Crippen molar-refractivity contribution in [2.45, 2.75) is 25.9 Å². The van der Waals surface area contributed by atoms with E-state index in [-0.39, 0.29) is 16.9 Å². The number of hydrogen-bond donors (Lipinski definition) is 1. The zero-order chi connectivity index (χ0) is 20.5. The van der Waals surface area contributed by atoms with Gasteiger partial charge < -0.3 is 14.6 Å². The van der Waals surface area contributed by atoms with Crippen molar-refractivity contribution in [3.8, 4) is 11.4 Å². The monoisotopic (exact) mass is 400 g/mol. The van der Waals surface area contributed by atoms with Crippen LogP contribution in [0.3, 0.4) is 0 Å². The lowest BCUT2D eigenvalue weighted by Crippen LogP contribution is -2.27. The van der Waals surface area contributed by atoms with Crippen LogP contribution in [0.15, 0.2) is 52.2 Å². The molecule has 2 aromatic heterocycles. The molecule has 1 N–H and O–H groups in total. The maximum absolute atomic E-state index is 12.9. The highest BCUT2D eigenvalue weighted by Gasteiger charge is 2.23. The molecule has 7 nitrogen and oxygen atoms in total. The highest BCUT2D eigenvalue weighted by Crippen LogP contribution is 2.27. The third kappa shape index (κ3) is 3.63. The van der Waals surface area contributed by atoms with Crippen LogP contribution in [0.2, 0.25) is 0 Å². The zero-order valence-electron chi connectivity index (χ0n) is 15.6. The van der Waals surface area contributed by atoms with Gasteiger partial charge in [0.15, 0.2) is 5.82 Å². The van der Waals surface area contributed by atoms with Crippen LogP contribution in [0.4, 0.5) is 20.3 Å². The van der Waals surface area contributed by atoms with E-state index in [1.165, 1.54) is 33.5 Å². The first-order chi connectivity index (χ1) is 13.9. The molecule has 29 heavy (non-hydrogen) atoms. The minimum atomic E-state index is -2.93. The topological polar surface area (TPSA) is 78.2 Å². The van der Waals surface area contributed by atoms with E-state index in [1.54, 1.807) is 25.4 Å². The number of pyridine rings is 1. The van der Waals surface area contributed by atoms with Crippen molar-refractivity contribution in [2.24, 2.45) is 7.05 Å². The summed E-state index contributed by atoms with van der Waals surface area (Å²) in [5, 5.41) is 7.49. The number of nitrogens with one attached hydrogen (secondary N) is 1. The Morgan fingerprint density at radius 3 is 2.52 bits per heavy atom. The van der Waals surface area contributed by atoms with Crippen molar-refractivity contribution in [1.82, 2.24) is 14.3 Å². The van der Waals surface area contributed by atoms with Gasteiger partial charge in [0.05, 0.1) is 5.69 Å². The standard InChI is InChI=1S/C20H18F2N4O3/c1-25-11-3-6-16(19(25)28)23-17-14-4-2-5-15(14)18(27)26(24-17)12-7-9-13(10-8-12)29-20(21)22/h3,6-11,20H,2,4-5H2,1H3,(H,23,24). The molecule has 4 rings (SSSR count). The fourth-order valence-corrected chi connectivity index (χ4v) is 3.44. The van der Waals surface area contributed by atoms with Gasteiger partial charge in [0.1, 0.15) is 11.4 Å². The molecule has 0 atom stereocenters. The van der Waals surface area contributed by atoms with E-state index >= 15 is 0 Å². The van der Waals surface area contributed by atoms with E-state index in [9.17, 15) is 18.4 Å². The van der Waals surface area contributed by atoms with Crippen LogP contribution in [0, 0.1) is 0 Å². The molecule has 0 unspecified atom stereocenters. The number of rotatable bonds is 5. The number of ether oxygens (including phenoxy) is 1. The van der Waals surface area contributed by atoms with Crippen LogP contribution in [0.1, 0.15) is 17.5 Å². The molecule has 0 radical (unpaired) electrons. The summed E-state index contributed by atoms with van der Waals surface area (Å²) in [4.78, 5) is 25.3. The van der Waals surface area contributed by atoms with Gasteiger partial charge in [-0.3, -0.25) is 9.59 Å². The Morgan fingerprint density at radius 1 is 1.07 bits per heavy atom. The van der Waals surface area contributed by atoms with Gasteiger partial charge in [-0.05, 0) is 55.7 Å². The highest BCUT2D eigenvalue weighted by molar-refractivity contribution is 5.60. The normalized spacial score (nSPS) is 12.8. The smallest absolute Gasteiger partial charge is 0.387 e. The Bertz CT molecular complexity index is 1170. The van der Waals surface area contributed by atoms with Gasteiger partial charge in [-0.2, -0.15) is 13.5 Å². The van der Waals surface area contributed by atoms with Crippen LogP contribution >= 0.6 is 0 Å². The van der Waals surface area contributed by atoms with E-state index in [2.05, 4.69) is 15.2 Å². The molecular formula is C20H18F2N4O3. The average molecular weight is 400 g/mol. The van der Waals surface area contributed by atoms with Gasteiger partial charge in [-0.1, -0.05) is 0 Å². The molecule has 1 aromatic carbocycles. The molecule has 150 valence electrons. The predicted octanol–water partition coefficient (Wildman–Crippen LogP) is 2.76. The summed E-state index contributed by atoms with van der Waals surface area (Å²) in [5.74, 6) is 0.428. The van der Waals surface area contributed by atoms with E-state index in [4.69, 9.17) is 0 Å². The fourth-order valence-electron chi connectivity index (χ4n) is 3.44. The number of aromatic nitrogens is 3. The second-order valence-electron chi connectivity index (χ2n) is 6.71. The Labute approximate surface area is 164 Å². The van der Waals surface area contributed by atoms with Crippen molar-refractivity contribution < 1.29 is 13.5 Å². The van der Waals surface area contributed by atoms with Gasteiger partial charge in [0.25, 0.3) is 11.1 Å². The molecule has 1 aliphatic carbocycles. The van der Waals surface area contributed by atoms with Crippen LogP contribution in [-0.2, 0) is 19.9 Å². The molecule has 0 aliphatic heterocycles. The number of aryl methyl sites for hydroxylation is 1. The molecule has 2 heterocycles. The summed E-state index contributed by atoms with van der Waals surface area (Å²) in [6.45, 7) is -2.93. The third-order valence-electron chi connectivity index (χ3n) is 4.84. The molecular weight excluding hydrogens is 382 g/mol. The number of benzene rings is 1. The molecule has 0 spiro atoms. The quantitative estimate of drug-likeness (QED) is 0.713. The predicted molar refractivity (Wildman–Crippen MR) is 103 cm³/mol. The number of fused-ring (bicyclic) bond motifs is 1. The molecule has 9 heteroatoms. The Morgan fingerprint density at radius 2 is 1.79 bits per heavy atom. The number of alkyl halides is 2. The molecule has 0 saturated carbocycles. The lowest BCUT2D eigenvalue weighted by Gasteiger charge is -2.14. The molecule has 0 fully saturated rings. The van der Waals surface area contributed by atoms with Gasteiger partial charge in [-0.25, -0.2) is 0 Å². The van der Waals surface area contributed by atoms with Crippen molar-refractivity contribution in [1.29, 1.82) is 0 Å². The molecule has 3 aromatic rings. The van der Waals surface area contributed by atoms with Crippen molar-refractivity contribution in [3.63, 3.8) is 0 Å².